The minimum Gasteiger partial charge on any atom is -0.488 e. The van der Waals surface area contributed by atoms with E-state index in [9.17, 15) is 8.42 Å². The maximum absolute atomic E-state index is 11.6. The molecule has 0 saturated carbocycles. The van der Waals surface area contributed by atoms with Crippen LogP contribution in [0.4, 0.5) is 5.82 Å². The molecule has 0 aliphatic carbocycles. The smallest absolute Gasteiger partial charge is 0.224 e. The van der Waals surface area contributed by atoms with Crippen LogP contribution in [0.1, 0.15) is 19.5 Å². The summed E-state index contributed by atoms with van der Waals surface area (Å²) in [6, 6.07) is 0.0880. The minimum atomic E-state index is -3.27. The Morgan fingerprint density at radius 3 is 2.77 bits per heavy atom. The van der Waals surface area contributed by atoms with E-state index >= 15 is 0 Å². The molecule has 0 amide bonds. The first kappa shape index (κ1) is 17.2. The van der Waals surface area contributed by atoms with Crippen LogP contribution in [0.15, 0.2) is 0 Å². The average Bonchev–Trinajstić information content (AvgIpc) is 2.40. The molecule has 22 heavy (non-hydrogen) atoms. The summed E-state index contributed by atoms with van der Waals surface area (Å²) in [6.07, 6.45) is 1.15. The van der Waals surface area contributed by atoms with Gasteiger partial charge < -0.3 is 14.4 Å². The van der Waals surface area contributed by atoms with Crippen LogP contribution >= 0.6 is 11.6 Å². The van der Waals surface area contributed by atoms with Crippen molar-refractivity contribution in [1.29, 1.82) is 0 Å². The maximum Gasteiger partial charge on any atom is 0.224 e. The van der Waals surface area contributed by atoms with E-state index in [1.807, 2.05) is 18.7 Å². The van der Waals surface area contributed by atoms with Crippen molar-refractivity contribution in [3.05, 3.63) is 11.0 Å². The fourth-order valence-electron chi connectivity index (χ4n) is 2.33. The van der Waals surface area contributed by atoms with Crippen LogP contribution in [0.25, 0.3) is 0 Å². The van der Waals surface area contributed by atoms with E-state index in [1.165, 1.54) is 0 Å². The van der Waals surface area contributed by atoms with Crippen molar-refractivity contribution < 1.29 is 17.9 Å². The third kappa shape index (κ3) is 4.21. The Bertz CT molecular complexity index is 638. The summed E-state index contributed by atoms with van der Waals surface area (Å²) in [7, 11) is -3.27. The van der Waals surface area contributed by atoms with E-state index < -0.39 is 9.84 Å². The summed E-state index contributed by atoms with van der Waals surface area (Å²) in [4.78, 5) is 10.3. The van der Waals surface area contributed by atoms with Gasteiger partial charge in [-0.2, -0.15) is 4.98 Å². The van der Waals surface area contributed by atoms with Gasteiger partial charge in [0, 0.05) is 12.8 Å². The van der Waals surface area contributed by atoms with Crippen molar-refractivity contribution >= 4 is 27.3 Å². The van der Waals surface area contributed by atoms with E-state index in [-0.39, 0.29) is 22.8 Å². The van der Waals surface area contributed by atoms with Gasteiger partial charge in [0.15, 0.2) is 21.4 Å². The van der Waals surface area contributed by atoms with Gasteiger partial charge in [0.25, 0.3) is 0 Å². The van der Waals surface area contributed by atoms with Gasteiger partial charge in [0.1, 0.15) is 5.69 Å². The van der Waals surface area contributed by atoms with Gasteiger partial charge in [-0.15, -0.1) is 0 Å². The predicted octanol–water partition coefficient (Wildman–Crippen LogP) is 1.30. The van der Waals surface area contributed by atoms with Gasteiger partial charge in [0.2, 0.25) is 5.28 Å². The Labute approximate surface area is 135 Å². The fourth-order valence-corrected chi connectivity index (χ4v) is 3.20. The SMILES string of the molecule is CCOc1c(CS(C)(=O)=O)nc(Cl)nc1N1CCOCC1C. The Hall–Kier alpha value is -1.12. The van der Waals surface area contributed by atoms with Crippen LogP contribution in [0.2, 0.25) is 5.28 Å². The molecule has 1 aromatic heterocycles. The molecule has 7 nitrogen and oxygen atoms in total. The molecule has 0 N–H and O–H groups in total. The summed E-state index contributed by atoms with van der Waals surface area (Å²) < 4.78 is 34.3. The Kier molecular flexibility index (Phi) is 5.46. The largest absolute Gasteiger partial charge is 0.488 e. The van der Waals surface area contributed by atoms with Crippen molar-refractivity contribution in [2.45, 2.75) is 25.6 Å². The summed E-state index contributed by atoms with van der Waals surface area (Å²) >= 11 is 5.99. The van der Waals surface area contributed by atoms with Crippen LogP contribution in [0.5, 0.6) is 5.75 Å². The molecule has 124 valence electrons. The third-order valence-corrected chi connectivity index (χ3v) is 4.18. The van der Waals surface area contributed by atoms with Crippen LogP contribution in [-0.2, 0) is 20.3 Å². The predicted molar refractivity (Wildman–Crippen MR) is 84.4 cm³/mol. The topological polar surface area (TPSA) is 81.6 Å². The molecule has 0 bridgehead atoms. The summed E-state index contributed by atoms with van der Waals surface area (Å²) in [6.45, 7) is 5.97. The van der Waals surface area contributed by atoms with Gasteiger partial charge in [0.05, 0.1) is 31.6 Å². The van der Waals surface area contributed by atoms with Crippen LogP contribution in [-0.4, -0.2) is 57.0 Å². The molecule has 1 atom stereocenters. The zero-order valence-electron chi connectivity index (χ0n) is 12.9. The number of ether oxygens (including phenoxy) is 2. The van der Waals surface area contributed by atoms with Gasteiger partial charge in [-0.05, 0) is 25.4 Å². The Balaban J connectivity index is 2.51. The zero-order valence-corrected chi connectivity index (χ0v) is 14.4. The number of hydrogen-bond acceptors (Lipinski definition) is 7. The highest BCUT2D eigenvalue weighted by molar-refractivity contribution is 7.89. The third-order valence-electron chi connectivity index (χ3n) is 3.22. The lowest BCUT2D eigenvalue weighted by atomic mass is 10.2. The molecule has 0 spiro atoms. The monoisotopic (exact) mass is 349 g/mol. The van der Waals surface area contributed by atoms with E-state index in [2.05, 4.69) is 9.97 Å². The molecular weight excluding hydrogens is 330 g/mol. The minimum absolute atomic E-state index is 0.01000. The highest BCUT2D eigenvalue weighted by Crippen LogP contribution is 2.33. The van der Waals surface area contributed by atoms with E-state index in [1.54, 1.807) is 0 Å². The second kappa shape index (κ2) is 6.97. The molecule has 1 aliphatic rings. The van der Waals surface area contributed by atoms with Crippen LogP contribution in [0.3, 0.4) is 0 Å². The van der Waals surface area contributed by atoms with Crippen LogP contribution < -0.4 is 9.64 Å². The number of nitrogens with zero attached hydrogens (tertiary/aromatic N) is 3. The number of sulfone groups is 1. The van der Waals surface area contributed by atoms with Gasteiger partial charge >= 0.3 is 0 Å². The van der Waals surface area contributed by atoms with Crippen molar-refractivity contribution in [2.24, 2.45) is 0 Å². The zero-order chi connectivity index (χ0) is 16.3. The summed E-state index contributed by atoms with van der Waals surface area (Å²) in [5, 5.41) is 0.01000. The normalized spacial score (nSPS) is 19.3. The van der Waals surface area contributed by atoms with Crippen molar-refractivity contribution in [2.75, 3.05) is 37.5 Å². The number of hydrogen-bond donors (Lipinski definition) is 0. The lowest BCUT2D eigenvalue weighted by Crippen LogP contribution is -2.44. The number of morpholine rings is 1. The molecule has 1 saturated heterocycles. The summed E-state index contributed by atoms with van der Waals surface area (Å²) in [5.74, 6) is 0.665. The second-order valence-corrected chi connectivity index (χ2v) is 7.69. The lowest BCUT2D eigenvalue weighted by Gasteiger charge is -2.35. The molecule has 0 radical (unpaired) electrons. The number of anilines is 1. The van der Waals surface area contributed by atoms with Crippen LogP contribution in [0, 0.1) is 0 Å². The second-order valence-electron chi connectivity index (χ2n) is 5.21. The number of halogens is 1. The molecule has 0 aromatic carbocycles. The molecule has 1 fully saturated rings. The van der Waals surface area contributed by atoms with Gasteiger partial charge in [-0.25, -0.2) is 13.4 Å². The quantitative estimate of drug-likeness (QED) is 0.741. The first-order valence-electron chi connectivity index (χ1n) is 7.03. The van der Waals surface area contributed by atoms with E-state index in [0.29, 0.717) is 37.9 Å². The highest BCUT2D eigenvalue weighted by Gasteiger charge is 2.27. The molecular formula is C13H20ClN3O4S. The maximum atomic E-state index is 11.6. The molecule has 1 aliphatic heterocycles. The fraction of sp³-hybridized carbons (Fsp3) is 0.692. The Morgan fingerprint density at radius 1 is 1.45 bits per heavy atom. The van der Waals surface area contributed by atoms with Gasteiger partial charge in [-0.1, -0.05) is 0 Å². The van der Waals surface area contributed by atoms with E-state index in [0.717, 1.165) is 6.26 Å². The Morgan fingerprint density at radius 2 is 2.18 bits per heavy atom. The standard InChI is InChI=1S/C13H20ClN3O4S/c1-4-21-11-10(8-22(3,18)19)15-13(14)16-12(11)17-5-6-20-7-9(17)2/h9H,4-8H2,1-3H3. The molecule has 2 rings (SSSR count). The highest BCUT2D eigenvalue weighted by atomic mass is 35.5. The number of aromatic nitrogens is 2. The van der Waals surface area contributed by atoms with Crippen molar-refractivity contribution in [3.8, 4) is 5.75 Å². The average molecular weight is 350 g/mol. The lowest BCUT2D eigenvalue weighted by molar-refractivity contribution is 0.0981. The molecule has 1 aromatic rings. The molecule has 2 heterocycles. The van der Waals surface area contributed by atoms with E-state index in [4.69, 9.17) is 21.1 Å². The van der Waals surface area contributed by atoms with Crippen molar-refractivity contribution in [3.63, 3.8) is 0 Å². The molecule has 1 unspecified atom stereocenters. The summed E-state index contributed by atoms with van der Waals surface area (Å²) in [5.41, 5.74) is 0.290. The molecule has 9 heteroatoms. The first-order chi connectivity index (χ1) is 10.3. The van der Waals surface area contributed by atoms with Crippen molar-refractivity contribution in [1.82, 2.24) is 9.97 Å². The number of rotatable bonds is 5. The first-order valence-corrected chi connectivity index (χ1v) is 9.47. The van der Waals surface area contributed by atoms with Gasteiger partial charge in [-0.3, -0.25) is 0 Å².